The summed E-state index contributed by atoms with van der Waals surface area (Å²) in [6, 6.07) is 0.150. The van der Waals surface area contributed by atoms with Gasteiger partial charge >= 0.3 is 0 Å². The molecule has 1 aliphatic rings. The molecule has 2 unspecified atom stereocenters. The number of rotatable bonds is 5. The summed E-state index contributed by atoms with van der Waals surface area (Å²) in [4.78, 5) is 12.3. The van der Waals surface area contributed by atoms with Gasteiger partial charge in [0.2, 0.25) is 5.91 Å². The first kappa shape index (κ1) is 14.8. The second-order valence-electron chi connectivity index (χ2n) is 5.48. The summed E-state index contributed by atoms with van der Waals surface area (Å²) in [5, 5.41) is 14.8. The van der Waals surface area contributed by atoms with Crippen LogP contribution in [0.15, 0.2) is 5.16 Å². The van der Waals surface area contributed by atoms with Crippen LogP contribution in [0.4, 0.5) is 0 Å². The first-order chi connectivity index (χ1) is 8.45. The highest BCUT2D eigenvalue weighted by Crippen LogP contribution is 2.29. The Morgan fingerprint density at radius 3 is 2.56 bits per heavy atom. The van der Waals surface area contributed by atoms with Crippen molar-refractivity contribution >= 4 is 11.7 Å². The van der Waals surface area contributed by atoms with Gasteiger partial charge in [-0.1, -0.05) is 24.9 Å². The minimum atomic E-state index is -0.929. The molecule has 18 heavy (non-hydrogen) atoms. The predicted octanol–water partition coefficient (Wildman–Crippen LogP) is 1.84. The molecule has 0 aromatic rings. The fourth-order valence-corrected chi connectivity index (χ4v) is 2.51. The molecule has 0 bridgehead atoms. The highest BCUT2D eigenvalue weighted by atomic mass is 16.4. The Balaban J connectivity index is 2.67. The fraction of sp³-hybridized carbons (Fsp3) is 0.846. The van der Waals surface area contributed by atoms with E-state index in [-0.39, 0.29) is 17.8 Å². The Kier molecular flexibility index (Phi) is 4.99. The number of hydrogen-bond acceptors (Lipinski definition) is 3. The van der Waals surface area contributed by atoms with Crippen molar-refractivity contribution in [1.82, 2.24) is 5.32 Å². The highest BCUT2D eigenvalue weighted by molar-refractivity contribution is 6.06. The molecule has 0 aliphatic heterocycles. The van der Waals surface area contributed by atoms with Crippen molar-refractivity contribution in [1.29, 1.82) is 0 Å². The van der Waals surface area contributed by atoms with E-state index in [1.807, 2.05) is 13.8 Å². The molecule has 0 spiro atoms. The summed E-state index contributed by atoms with van der Waals surface area (Å²) >= 11 is 0. The maximum absolute atomic E-state index is 12.3. The largest absolute Gasteiger partial charge is 0.409 e. The molecule has 0 radical (unpaired) electrons. The van der Waals surface area contributed by atoms with E-state index in [0.29, 0.717) is 12.3 Å². The van der Waals surface area contributed by atoms with Gasteiger partial charge in [0.1, 0.15) is 5.41 Å². The minimum Gasteiger partial charge on any atom is -0.409 e. The predicted molar refractivity (Wildman–Crippen MR) is 71.4 cm³/mol. The van der Waals surface area contributed by atoms with E-state index < -0.39 is 5.41 Å². The van der Waals surface area contributed by atoms with Crippen LogP contribution in [0.1, 0.15) is 52.9 Å². The number of nitrogens with one attached hydrogen (secondary N) is 1. The standard InChI is InChI=1S/C13H25N3O2/c1-4-13(3,11(14)16-18)12(17)15-9(2)10-7-5-6-8-10/h9-10,18H,4-8H2,1-3H3,(H2,14,16)(H,15,17). The van der Waals surface area contributed by atoms with Gasteiger partial charge in [0.15, 0.2) is 5.84 Å². The van der Waals surface area contributed by atoms with E-state index in [2.05, 4.69) is 10.5 Å². The Bertz CT molecular complexity index is 324. The molecule has 4 N–H and O–H groups in total. The van der Waals surface area contributed by atoms with Gasteiger partial charge in [-0.15, -0.1) is 0 Å². The molecule has 1 rings (SSSR count). The van der Waals surface area contributed by atoms with Gasteiger partial charge in [0.25, 0.3) is 0 Å². The van der Waals surface area contributed by atoms with Gasteiger partial charge in [-0.25, -0.2) is 0 Å². The van der Waals surface area contributed by atoms with Crippen LogP contribution in [0.25, 0.3) is 0 Å². The summed E-state index contributed by atoms with van der Waals surface area (Å²) < 4.78 is 0. The fourth-order valence-electron chi connectivity index (χ4n) is 2.51. The first-order valence-corrected chi connectivity index (χ1v) is 6.74. The lowest BCUT2D eigenvalue weighted by Crippen LogP contribution is -2.51. The zero-order valence-electron chi connectivity index (χ0n) is 11.6. The van der Waals surface area contributed by atoms with E-state index in [1.165, 1.54) is 25.7 Å². The summed E-state index contributed by atoms with van der Waals surface area (Å²) in [6.45, 7) is 5.60. The average Bonchev–Trinajstić information content (AvgIpc) is 2.90. The zero-order valence-corrected chi connectivity index (χ0v) is 11.6. The smallest absolute Gasteiger partial charge is 0.233 e. The minimum absolute atomic E-state index is 0.0267. The molecule has 5 nitrogen and oxygen atoms in total. The summed E-state index contributed by atoms with van der Waals surface area (Å²) in [5.41, 5.74) is 4.70. The van der Waals surface area contributed by atoms with E-state index in [1.54, 1.807) is 6.92 Å². The molecule has 0 aromatic carbocycles. The molecule has 104 valence electrons. The van der Waals surface area contributed by atoms with E-state index in [4.69, 9.17) is 10.9 Å². The molecule has 1 amide bonds. The van der Waals surface area contributed by atoms with E-state index in [9.17, 15) is 4.79 Å². The second-order valence-corrected chi connectivity index (χ2v) is 5.48. The summed E-state index contributed by atoms with van der Waals surface area (Å²) in [6.07, 6.45) is 5.35. The van der Waals surface area contributed by atoms with Crippen molar-refractivity contribution in [3.63, 3.8) is 0 Å². The van der Waals surface area contributed by atoms with Crippen LogP contribution < -0.4 is 11.1 Å². The molecule has 1 saturated carbocycles. The van der Waals surface area contributed by atoms with Crippen LogP contribution in [0.2, 0.25) is 0 Å². The number of carbonyl (C=O) groups is 1. The molecule has 5 heteroatoms. The Morgan fingerprint density at radius 2 is 2.11 bits per heavy atom. The van der Waals surface area contributed by atoms with Crippen LogP contribution in [0.5, 0.6) is 0 Å². The number of nitrogens with zero attached hydrogens (tertiary/aromatic N) is 1. The molecule has 1 aliphatic carbocycles. The lowest BCUT2D eigenvalue weighted by molar-refractivity contribution is -0.128. The van der Waals surface area contributed by atoms with Gasteiger partial charge in [-0.3, -0.25) is 4.79 Å². The third-order valence-electron chi connectivity index (χ3n) is 4.35. The van der Waals surface area contributed by atoms with Crippen LogP contribution in [-0.2, 0) is 4.79 Å². The molecule has 2 atom stereocenters. The van der Waals surface area contributed by atoms with Crippen molar-refractivity contribution < 1.29 is 10.0 Å². The Hall–Kier alpha value is -1.26. The van der Waals surface area contributed by atoms with E-state index in [0.717, 1.165) is 0 Å². The van der Waals surface area contributed by atoms with Gasteiger partial charge in [0, 0.05) is 6.04 Å². The number of nitrogens with two attached hydrogens (primary N) is 1. The van der Waals surface area contributed by atoms with E-state index >= 15 is 0 Å². The second kappa shape index (κ2) is 6.07. The van der Waals surface area contributed by atoms with Crippen LogP contribution in [0.3, 0.4) is 0 Å². The number of oxime groups is 1. The lowest BCUT2D eigenvalue weighted by Gasteiger charge is -2.29. The molecule has 0 heterocycles. The quantitative estimate of drug-likeness (QED) is 0.303. The summed E-state index contributed by atoms with van der Waals surface area (Å²) in [7, 11) is 0. The van der Waals surface area contributed by atoms with Gasteiger partial charge < -0.3 is 16.3 Å². The number of amidine groups is 1. The summed E-state index contributed by atoms with van der Waals surface area (Å²) in [5.74, 6) is 0.378. The number of hydrogen-bond donors (Lipinski definition) is 3. The maximum atomic E-state index is 12.3. The van der Waals surface area contributed by atoms with Gasteiger partial charge in [-0.05, 0) is 39.0 Å². The van der Waals surface area contributed by atoms with Crippen molar-refractivity contribution in [2.24, 2.45) is 22.2 Å². The Morgan fingerprint density at radius 1 is 1.56 bits per heavy atom. The number of amides is 1. The molecule has 0 aromatic heterocycles. The molecular formula is C13H25N3O2. The van der Waals surface area contributed by atoms with Gasteiger partial charge in [-0.2, -0.15) is 0 Å². The van der Waals surface area contributed by atoms with Crippen molar-refractivity contribution in [2.45, 2.75) is 58.9 Å². The number of carbonyl (C=O) groups excluding carboxylic acids is 1. The van der Waals surface area contributed by atoms with Crippen LogP contribution >= 0.6 is 0 Å². The van der Waals surface area contributed by atoms with Crippen molar-refractivity contribution in [3.05, 3.63) is 0 Å². The average molecular weight is 255 g/mol. The molecule has 0 saturated heterocycles. The van der Waals surface area contributed by atoms with Gasteiger partial charge in [0.05, 0.1) is 0 Å². The third-order valence-corrected chi connectivity index (χ3v) is 4.35. The van der Waals surface area contributed by atoms with Crippen LogP contribution in [0, 0.1) is 11.3 Å². The topological polar surface area (TPSA) is 87.7 Å². The highest BCUT2D eigenvalue weighted by Gasteiger charge is 2.37. The van der Waals surface area contributed by atoms with Crippen LogP contribution in [-0.4, -0.2) is 23.0 Å². The third kappa shape index (κ3) is 2.94. The molecule has 1 fully saturated rings. The lowest BCUT2D eigenvalue weighted by atomic mass is 9.84. The van der Waals surface area contributed by atoms with Crippen molar-refractivity contribution in [3.8, 4) is 0 Å². The monoisotopic (exact) mass is 255 g/mol. The maximum Gasteiger partial charge on any atom is 0.233 e. The first-order valence-electron chi connectivity index (χ1n) is 6.74. The SMILES string of the molecule is CCC(C)(C(=O)NC(C)C1CCCC1)C(N)=NO. The Labute approximate surface area is 109 Å². The normalized spacial score (nSPS) is 22.5. The zero-order chi connectivity index (χ0) is 13.8. The van der Waals surface area contributed by atoms with Crippen molar-refractivity contribution in [2.75, 3.05) is 0 Å². The molecular weight excluding hydrogens is 230 g/mol.